The van der Waals surface area contributed by atoms with Crippen LogP contribution in [0.25, 0.3) is 0 Å². The molecule has 0 fully saturated rings. The van der Waals surface area contributed by atoms with E-state index in [0.29, 0.717) is 0 Å². The quantitative estimate of drug-likeness (QED) is 0.874. The third kappa shape index (κ3) is 4.08. The molecule has 1 aromatic heterocycles. The van der Waals surface area contributed by atoms with Crippen LogP contribution in [-0.2, 0) is 14.8 Å². The van der Waals surface area contributed by atoms with Crippen LogP contribution in [0.5, 0.6) is 0 Å². The highest BCUT2D eigenvalue weighted by molar-refractivity contribution is 7.89. The van der Waals surface area contributed by atoms with Gasteiger partial charge in [0.05, 0.1) is 10.8 Å². The van der Waals surface area contributed by atoms with E-state index >= 15 is 0 Å². The first kappa shape index (κ1) is 17.7. The molecule has 114 valence electrons. The molecule has 0 unspecified atom stereocenters. The molecule has 0 saturated carbocycles. The number of carbonyl (C=O) groups is 1. The Bertz CT molecular complexity index is 604. The molecule has 1 rings (SSSR count). The lowest BCUT2D eigenvalue weighted by atomic mass is 10.1. The molecule has 5 nitrogen and oxygen atoms in total. The minimum atomic E-state index is -3.90. The van der Waals surface area contributed by atoms with Gasteiger partial charge in [-0.1, -0.05) is 23.2 Å². The van der Waals surface area contributed by atoms with E-state index in [4.69, 9.17) is 28.3 Å². The lowest BCUT2D eigenvalue weighted by Crippen LogP contribution is -2.46. The Kier molecular flexibility index (Phi) is 5.48. The largest absolute Gasteiger partial charge is 0.481 e. The summed E-state index contributed by atoms with van der Waals surface area (Å²) in [5.74, 6) is -1.07. The van der Waals surface area contributed by atoms with Crippen molar-refractivity contribution in [2.45, 2.75) is 37.6 Å². The van der Waals surface area contributed by atoms with Gasteiger partial charge in [-0.25, -0.2) is 8.42 Å². The van der Waals surface area contributed by atoms with Gasteiger partial charge in [0, 0.05) is 12.1 Å². The van der Waals surface area contributed by atoms with E-state index in [1.165, 1.54) is 6.07 Å². The van der Waals surface area contributed by atoms with Gasteiger partial charge < -0.3 is 5.11 Å². The van der Waals surface area contributed by atoms with Crippen LogP contribution in [0.2, 0.25) is 8.67 Å². The van der Waals surface area contributed by atoms with Crippen molar-refractivity contribution in [2.24, 2.45) is 0 Å². The van der Waals surface area contributed by atoms with E-state index < -0.39 is 21.5 Å². The fraction of sp³-hybridized carbons (Fsp3) is 0.545. The monoisotopic (exact) mass is 359 g/mol. The summed E-state index contributed by atoms with van der Waals surface area (Å²) < 4.78 is 26.7. The molecule has 20 heavy (non-hydrogen) atoms. The van der Waals surface area contributed by atoms with Gasteiger partial charge in [-0.15, -0.1) is 11.3 Å². The number of aliphatic carboxylic acids is 1. The van der Waals surface area contributed by atoms with Crippen molar-refractivity contribution < 1.29 is 18.3 Å². The first-order chi connectivity index (χ1) is 8.96. The normalized spacial score (nSPS) is 12.9. The SMILES string of the molecule is CC(C)(C)N(CCC(=O)O)S(=O)(=O)c1cc(Cl)sc1Cl. The van der Waals surface area contributed by atoms with Crippen LogP contribution in [0.3, 0.4) is 0 Å². The summed E-state index contributed by atoms with van der Waals surface area (Å²) in [7, 11) is -3.90. The zero-order chi connectivity index (χ0) is 15.7. The molecule has 1 heterocycles. The van der Waals surface area contributed by atoms with Crippen molar-refractivity contribution in [3.05, 3.63) is 14.7 Å². The van der Waals surface area contributed by atoms with Gasteiger partial charge in [-0.2, -0.15) is 4.31 Å². The highest BCUT2D eigenvalue weighted by atomic mass is 35.5. The van der Waals surface area contributed by atoms with Gasteiger partial charge in [-0.05, 0) is 26.8 Å². The number of nitrogens with zero attached hydrogens (tertiary/aromatic N) is 1. The Morgan fingerprint density at radius 1 is 1.40 bits per heavy atom. The molecule has 0 amide bonds. The summed E-state index contributed by atoms with van der Waals surface area (Å²) in [6.07, 6.45) is -0.286. The van der Waals surface area contributed by atoms with Crippen LogP contribution in [0, 0.1) is 0 Å². The molecular formula is C11H15Cl2NO4S2. The second-order valence-corrected chi connectivity index (χ2v) is 9.20. The number of hydrogen-bond acceptors (Lipinski definition) is 4. The van der Waals surface area contributed by atoms with Gasteiger partial charge in [0.15, 0.2) is 0 Å². The molecule has 0 radical (unpaired) electrons. The molecule has 0 aliphatic heterocycles. The van der Waals surface area contributed by atoms with Crippen molar-refractivity contribution in [3.8, 4) is 0 Å². The first-order valence-corrected chi connectivity index (χ1v) is 8.67. The van der Waals surface area contributed by atoms with Gasteiger partial charge in [-0.3, -0.25) is 4.79 Å². The van der Waals surface area contributed by atoms with Crippen molar-refractivity contribution in [1.29, 1.82) is 0 Å². The average molecular weight is 360 g/mol. The minimum absolute atomic E-state index is 0.0691. The molecule has 1 N–H and O–H groups in total. The molecule has 0 saturated heterocycles. The van der Waals surface area contributed by atoms with Crippen molar-refractivity contribution in [2.75, 3.05) is 6.54 Å². The topological polar surface area (TPSA) is 74.7 Å². The van der Waals surface area contributed by atoms with Crippen LogP contribution in [0.4, 0.5) is 0 Å². The summed E-state index contributed by atoms with van der Waals surface area (Å²) in [6, 6.07) is 1.28. The van der Waals surface area contributed by atoms with Crippen molar-refractivity contribution >= 4 is 50.5 Å². The summed E-state index contributed by atoms with van der Waals surface area (Å²) >= 11 is 12.6. The van der Waals surface area contributed by atoms with E-state index in [2.05, 4.69) is 0 Å². The second-order valence-electron chi connectivity index (χ2n) is 5.08. The molecule has 0 aliphatic carbocycles. The predicted molar refractivity (Wildman–Crippen MR) is 80.2 cm³/mol. The number of carboxylic acid groups (broad SMARTS) is 1. The Morgan fingerprint density at radius 2 is 1.95 bits per heavy atom. The standard InChI is InChI=1S/C11H15Cl2NO4S2/c1-11(2,3)14(5-4-9(15)16)20(17,18)7-6-8(12)19-10(7)13/h6H,4-5H2,1-3H3,(H,15,16). The molecule has 1 aromatic rings. The number of carboxylic acids is 1. The van der Waals surface area contributed by atoms with Crippen molar-refractivity contribution in [3.63, 3.8) is 0 Å². The Balaban J connectivity index is 3.25. The molecule has 0 atom stereocenters. The van der Waals surface area contributed by atoms with Crippen molar-refractivity contribution in [1.82, 2.24) is 4.31 Å². The smallest absolute Gasteiger partial charge is 0.304 e. The zero-order valence-electron chi connectivity index (χ0n) is 11.2. The Morgan fingerprint density at radius 3 is 2.30 bits per heavy atom. The number of hydrogen-bond donors (Lipinski definition) is 1. The third-order valence-electron chi connectivity index (χ3n) is 2.47. The highest BCUT2D eigenvalue weighted by Gasteiger charge is 2.36. The Hall–Kier alpha value is -0.340. The van der Waals surface area contributed by atoms with E-state index in [9.17, 15) is 13.2 Å². The van der Waals surface area contributed by atoms with Gasteiger partial charge in [0.1, 0.15) is 9.23 Å². The van der Waals surface area contributed by atoms with E-state index in [1.54, 1.807) is 20.8 Å². The first-order valence-electron chi connectivity index (χ1n) is 5.65. The van der Waals surface area contributed by atoms with Crippen LogP contribution in [0.1, 0.15) is 27.2 Å². The Labute approximate surface area is 132 Å². The van der Waals surface area contributed by atoms with E-state index in [-0.39, 0.29) is 26.5 Å². The molecular weight excluding hydrogens is 345 g/mol. The molecule has 9 heteroatoms. The fourth-order valence-electron chi connectivity index (χ4n) is 1.63. The lowest BCUT2D eigenvalue weighted by Gasteiger charge is -2.33. The van der Waals surface area contributed by atoms with Gasteiger partial charge in [0.25, 0.3) is 0 Å². The molecule has 0 bridgehead atoms. The number of rotatable bonds is 5. The fourth-order valence-corrected chi connectivity index (χ4v) is 5.54. The predicted octanol–water partition coefficient (Wildman–Crippen LogP) is 3.32. The summed E-state index contributed by atoms with van der Waals surface area (Å²) in [6.45, 7) is 4.93. The highest BCUT2D eigenvalue weighted by Crippen LogP contribution is 2.37. The lowest BCUT2D eigenvalue weighted by molar-refractivity contribution is -0.137. The average Bonchev–Trinajstić information content (AvgIpc) is 2.55. The maximum absolute atomic E-state index is 12.6. The maximum atomic E-state index is 12.6. The second kappa shape index (κ2) is 6.19. The van der Waals surface area contributed by atoms with E-state index in [1.807, 2.05) is 0 Å². The summed E-state index contributed by atoms with van der Waals surface area (Å²) in [5.41, 5.74) is -0.772. The summed E-state index contributed by atoms with van der Waals surface area (Å²) in [4.78, 5) is 10.6. The third-order valence-corrected chi connectivity index (χ3v) is 6.39. The number of halogens is 2. The van der Waals surface area contributed by atoms with Crippen LogP contribution in [0.15, 0.2) is 11.0 Å². The van der Waals surface area contributed by atoms with Gasteiger partial charge in [0.2, 0.25) is 10.0 Å². The van der Waals surface area contributed by atoms with Gasteiger partial charge >= 0.3 is 5.97 Å². The molecule has 0 aromatic carbocycles. The number of sulfonamides is 1. The molecule has 0 aliphatic rings. The van der Waals surface area contributed by atoms with Crippen LogP contribution < -0.4 is 0 Å². The zero-order valence-corrected chi connectivity index (χ0v) is 14.3. The number of thiophene rings is 1. The van der Waals surface area contributed by atoms with Crippen LogP contribution in [-0.4, -0.2) is 35.9 Å². The molecule has 0 spiro atoms. The summed E-state index contributed by atoms with van der Waals surface area (Å²) in [5, 5.41) is 8.76. The van der Waals surface area contributed by atoms with Crippen LogP contribution >= 0.6 is 34.5 Å². The minimum Gasteiger partial charge on any atom is -0.481 e. The maximum Gasteiger partial charge on any atom is 0.304 e. The van der Waals surface area contributed by atoms with E-state index in [0.717, 1.165) is 15.6 Å².